The molecular weight excluding hydrogens is 312 g/mol. The summed E-state index contributed by atoms with van der Waals surface area (Å²) in [6.45, 7) is 8.62. The highest BCUT2D eigenvalue weighted by molar-refractivity contribution is 6.00. The maximum atomic E-state index is 11.1. The Labute approximate surface area is 149 Å². The number of non-ortho nitro benzene ring substituents is 1. The summed E-state index contributed by atoms with van der Waals surface area (Å²) < 4.78 is 0. The van der Waals surface area contributed by atoms with Crippen LogP contribution in [-0.2, 0) is 5.41 Å². The fourth-order valence-corrected chi connectivity index (χ4v) is 3.74. The van der Waals surface area contributed by atoms with Gasteiger partial charge in [-0.15, -0.1) is 0 Å². The number of benzene rings is 1. The number of rotatable bonds is 5. The SMILES string of the molecule is CC1=Nc2ccc([N+](=O)[O-])cc2C1(C)CCCC1C=CC(C)(C)C=C1. The smallest absolute Gasteiger partial charge is 0.258 e. The average molecular weight is 338 g/mol. The Morgan fingerprint density at radius 1 is 1.20 bits per heavy atom. The predicted molar refractivity (Wildman–Crippen MR) is 103 cm³/mol. The molecule has 2 aliphatic rings. The largest absolute Gasteiger partial charge is 0.269 e. The van der Waals surface area contributed by atoms with Gasteiger partial charge in [0.25, 0.3) is 5.69 Å². The summed E-state index contributed by atoms with van der Waals surface area (Å²) in [7, 11) is 0. The molecule has 0 fully saturated rings. The van der Waals surface area contributed by atoms with Crippen molar-refractivity contribution in [2.24, 2.45) is 16.3 Å². The van der Waals surface area contributed by atoms with E-state index in [4.69, 9.17) is 0 Å². The molecule has 0 saturated heterocycles. The highest BCUT2D eigenvalue weighted by atomic mass is 16.6. The summed E-state index contributed by atoms with van der Waals surface area (Å²) in [5.74, 6) is 0.486. The van der Waals surface area contributed by atoms with E-state index in [0.29, 0.717) is 5.92 Å². The molecule has 1 aromatic carbocycles. The molecule has 0 bridgehead atoms. The quantitative estimate of drug-likeness (QED) is 0.381. The number of aliphatic imine (C=N–C) groups is 1. The van der Waals surface area contributed by atoms with Crippen molar-refractivity contribution < 1.29 is 4.92 Å². The Kier molecular flexibility index (Phi) is 4.40. The molecule has 0 radical (unpaired) electrons. The lowest BCUT2D eigenvalue weighted by atomic mass is 9.75. The molecule has 0 amide bonds. The van der Waals surface area contributed by atoms with Gasteiger partial charge in [-0.3, -0.25) is 15.1 Å². The Morgan fingerprint density at radius 3 is 2.52 bits per heavy atom. The minimum Gasteiger partial charge on any atom is -0.258 e. The Morgan fingerprint density at radius 2 is 1.88 bits per heavy atom. The molecule has 1 heterocycles. The third kappa shape index (κ3) is 3.44. The zero-order valence-electron chi connectivity index (χ0n) is 15.5. The van der Waals surface area contributed by atoms with E-state index < -0.39 is 0 Å². The van der Waals surface area contributed by atoms with Gasteiger partial charge in [0.1, 0.15) is 0 Å². The summed E-state index contributed by atoms with van der Waals surface area (Å²) in [4.78, 5) is 15.4. The number of nitro benzene ring substituents is 1. The van der Waals surface area contributed by atoms with Gasteiger partial charge in [-0.1, -0.05) is 51.5 Å². The second-order valence-electron chi connectivity index (χ2n) is 8.08. The molecule has 4 nitrogen and oxygen atoms in total. The second kappa shape index (κ2) is 6.25. The summed E-state index contributed by atoms with van der Waals surface area (Å²) in [6, 6.07) is 5.02. The minimum absolute atomic E-state index is 0.148. The maximum absolute atomic E-state index is 11.1. The first-order valence-corrected chi connectivity index (χ1v) is 8.95. The van der Waals surface area contributed by atoms with Gasteiger partial charge in [-0.2, -0.15) is 0 Å². The third-order valence-corrected chi connectivity index (χ3v) is 5.63. The first-order chi connectivity index (χ1) is 11.7. The van der Waals surface area contributed by atoms with Crippen LogP contribution < -0.4 is 0 Å². The van der Waals surface area contributed by atoms with E-state index in [1.165, 1.54) is 0 Å². The number of allylic oxidation sites excluding steroid dienone is 4. The van der Waals surface area contributed by atoms with E-state index in [1.807, 2.05) is 6.92 Å². The van der Waals surface area contributed by atoms with Gasteiger partial charge in [0.05, 0.1) is 10.6 Å². The Bertz CT molecular complexity index is 773. The summed E-state index contributed by atoms with van der Waals surface area (Å²) in [6.07, 6.45) is 12.3. The number of nitrogens with zero attached hydrogens (tertiary/aromatic N) is 2. The lowest BCUT2D eigenvalue weighted by Crippen LogP contribution is -2.27. The van der Waals surface area contributed by atoms with E-state index in [1.54, 1.807) is 18.2 Å². The lowest BCUT2D eigenvalue weighted by Gasteiger charge is -2.27. The van der Waals surface area contributed by atoms with Crippen molar-refractivity contribution in [3.8, 4) is 0 Å². The molecule has 25 heavy (non-hydrogen) atoms. The molecule has 1 aromatic rings. The number of hydrogen-bond donors (Lipinski definition) is 0. The van der Waals surface area contributed by atoms with Gasteiger partial charge in [0, 0.05) is 28.7 Å². The molecule has 0 N–H and O–H groups in total. The van der Waals surface area contributed by atoms with Crippen molar-refractivity contribution in [3.05, 3.63) is 58.2 Å². The predicted octanol–water partition coefficient (Wildman–Crippen LogP) is 5.90. The number of nitro groups is 1. The second-order valence-corrected chi connectivity index (χ2v) is 8.08. The van der Waals surface area contributed by atoms with Crippen molar-refractivity contribution in [2.45, 2.75) is 52.4 Å². The van der Waals surface area contributed by atoms with Gasteiger partial charge in [0.15, 0.2) is 0 Å². The molecule has 1 aliphatic carbocycles. The van der Waals surface area contributed by atoms with Crippen molar-refractivity contribution in [1.82, 2.24) is 0 Å². The third-order valence-electron chi connectivity index (χ3n) is 5.63. The van der Waals surface area contributed by atoms with Crippen LogP contribution >= 0.6 is 0 Å². The van der Waals surface area contributed by atoms with E-state index in [-0.39, 0.29) is 21.4 Å². The minimum atomic E-state index is -0.326. The average Bonchev–Trinajstić information content (AvgIpc) is 2.80. The molecule has 0 spiro atoms. The van der Waals surface area contributed by atoms with Crippen LogP contribution in [0.5, 0.6) is 0 Å². The zero-order chi connectivity index (χ0) is 18.2. The van der Waals surface area contributed by atoms with Crippen LogP contribution in [0.15, 0.2) is 47.5 Å². The van der Waals surface area contributed by atoms with Crippen LogP contribution in [0.25, 0.3) is 0 Å². The van der Waals surface area contributed by atoms with Crippen LogP contribution in [0.1, 0.15) is 52.5 Å². The number of hydrogen-bond acceptors (Lipinski definition) is 3. The molecule has 1 aliphatic heterocycles. The normalized spacial score (nSPS) is 24.2. The van der Waals surface area contributed by atoms with E-state index in [2.05, 4.69) is 50.1 Å². The molecule has 132 valence electrons. The summed E-state index contributed by atoms with van der Waals surface area (Å²) in [5, 5.41) is 11.1. The fraction of sp³-hybridized carbons (Fsp3) is 0.476. The van der Waals surface area contributed by atoms with Gasteiger partial charge < -0.3 is 0 Å². The van der Waals surface area contributed by atoms with Crippen LogP contribution in [0.2, 0.25) is 0 Å². The topological polar surface area (TPSA) is 55.5 Å². The van der Waals surface area contributed by atoms with Crippen LogP contribution in [0.4, 0.5) is 11.4 Å². The Balaban J connectivity index is 1.71. The van der Waals surface area contributed by atoms with Gasteiger partial charge in [-0.25, -0.2) is 0 Å². The number of fused-ring (bicyclic) bond motifs is 1. The maximum Gasteiger partial charge on any atom is 0.269 e. The Hall–Kier alpha value is -2.23. The van der Waals surface area contributed by atoms with E-state index >= 15 is 0 Å². The molecule has 1 atom stereocenters. The monoisotopic (exact) mass is 338 g/mol. The van der Waals surface area contributed by atoms with Gasteiger partial charge in [0.2, 0.25) is 0 Å². The van der Waals surface area contributed by atoms with Crippen molar-refractivity contribution in [3.63, 3.8) is 0 Å². The van der Waals surface area contributed by atoms with Crippen LogP contribution in [0.3, 0.4) is 0 Å². The molecular formula is C21H26N2O2. The van der Waals surface area contributed by atoms with Crippen molar-refractivity contribution in [1.29, 1.82) is 0 Å². The van der Waals surface area contributed by atoms with Crippen molar-refractivity contribution >= 4 is 17.1 Å². The van der Waals surface area contributed by atoms with Gasteiger partial charge >= 0.3 is 0 Å². The molecule has 3 rings (SSSR count). The fourth-order valence-electron chi connectivity index (χ4n) is 3.74. The lowest BCUT2D eigenvalue weighted by molar-refractivity contribution is -0.384. The highest BCUT2D eigenvalue weighted by Gasteiger charge is 2.37. The summed E-state index contributed by atoms with van der Waals surface area (Å²) in [5.41, 5.74) is 3.03. The highest BCUT2D eigenvalue weighted by Crippen LogP contribution is 2.45. The molecule has 0 saturated carbocycles. The first kappa shape index (κ1) is 17.6. The zero-order valence-corrected chi connectivity index (χ0v) is 15.5. The molecule has 1 unspecified atom stereocenters. The van der Waals surface area contributed by atoms with Crippen LogP contribution in [0, 0.1) is 21.4 Å². The van der Waals surface area contributed by atoms with Crippen LogP contribution in [-0.4, -0.2) is 10.6 Å². The molecule has 4 heteroatoms. The molecule has 0 aromatic heterocycles. The standard InChI is InChI=1S/C21H26N2O2/c1-15-21(4,11-5-6-16-9-12-20(2,3)13-10-16)18-14-17(23(24)25)7-8-19(18)22-15/h7-10,12-14,16H,5-6,11H2,1-4H3. The first-order valence-electron chi connectivity index (χ1n) is 8.95. The van der Waals surface area contributed by atoms with E-state index in [9.17, 15) is 10.1 Å². The van der Waals surface area contributed by atoms with Gasteiger partial charge in [-0.05, 0) is 37.3 Å². The van der Waals surface area contributed by atoms with Crippen molar-refractivity contribution in [2.75, 3.05) is 0 Å². The summed E-state index contributed by atoms with van der Waals surface area (Å²) >= 11 is 0. The van der Waals surface area contributed by atoms with E-state index in [0.717, 1.165) is 36.2 Å².